The van der Waals surface area contributed by atoms with Gasteiger partial charge >= 0.3 is 0 Å². The van der Waals surface area contributed by atoms with Crippen molar-refractivity contribution in [1.29, 1.82) is 0 Å². The van der Waals surface area contributed by atoms with Crippen LogP contribution in [0.3, 0.4) is 0 Å². The molecule has 2 heterocycles. The fraction of sp³-hybridized carbons (Fsp3) is 0.132. The summed E-state index contributed by atoms with van der Waals surface area (Å²) in [6.07, 6.45) is -1.43. The number of aliphatic hydroxyl groups excluding tert-OH is 1. The predicted molar refractivity (Wildman–Crippen MR) is 185 cm³/mol. The Kier molecular flexibility index (Phi) is 8.13. The van der Waals surface area contributed by atoms with Gasteiger partial charge in [0.25, 0.3) is 10.0 Å². The molecule has 1 aliphatic heterocycles. The van der Waals surface area contributed by atoms with E-state index in [4.69, 9.17) is 4.74 Å². The Bertz CT molecular complexity index is 2040. The van der Waals surface area contributed by atoms with Crippen LogP contribution in [0.5, 0.6) is 5.75 Å². The van der Waals surface area contributed by atoms with E-state index in [1.165, 1.54) is 35.0 Å². The van der Waals surface area contributed by atoms with Gasteiger partial charge in [0.15, 0.2) is 0 Å². The summed E-state index contributed by atoms with van der Waals surface area (Å²) in [5.74, 6) is -0.771. The Hall–Kier alpha value is -4.83. The van der Waals surface area contributed by atoms with Gasteiger partial charge in [-0.25, -0.2) is 12.4 Å². The maximum Gasteiger partial charge on any atom is 0.268 e. The number of amides is 1. The number of β-lactam (4-membered cyclic amide) rings is 1. The van der Waals surface area contributed by atoms with Crippen LogP contribution in [0.1, 0.15) is 28.5 Å². The number of hydrogen-bond acceptors (Lipinski definition) is 6. The molecule has 1 saturated heterocycles. The number of ether oxygens (including phenoxy) is 1. The van der Waals surface area contributed by atoms with Crippen LogP contribution in [-0.4, -0.2) is 35.9 Å². The molecule has 236 valence electrons. The lowest BCUT2D eigenvalue weighted by molar-refractivity contribution is -0.138. The van der Waals surface area contributed by atoms with Gasteiger partial charge in [0.05, 0.1) is 39.3 Å². The minimum absolute atomic E-state index is 0.0355. The zero-order valence-electron chi connectivity index (χ0n) is 25.4. The molecule has 47 heavy (non-hydrogen) atoms. The van der Waals surface area contributed by atoms with Crippen molar-refractivity contribution in [2.24, 2.45) is 5.92 Å². The summed E-state index contributed by atoms with van der Waals surface area (Å²) in [7, 11) is -2.67. The zero-order chi connectivity index (χ0) is 32.6. The molecule has 0 radical (unpaired) electrons. The van der Waals surface area contributed by atoms with Gasteiger partial charge in [-0.1, -0.05) is 109 Å². The number of carbonyl (C=O) groups excluding carboxylic acids is 1. The molecule has 1 fully saturated rings. The first kappa shape index (κ1) is 30.8. The average molecular weight is 661 g/mol. The third-order valence-electron chi connectivity index (χ3n) is 8.69. The Labute approximate surface area is 277 Å². The molecule has 0 saturated carbocycles. The van der Waals surface area contributed by atoms with Gasteiger partial charge < -0.3 is 15.2 Å². The summed E-state index contributed by atoms with van der Waals surface area (Å²) in [6, 6.07) is 45.1. The minimum atomic E-state index is -4.18. The van der Waals surface area contributed by atoms with Crippen molar-refractivity contribution in [3.05, 3.63) is 168 Å². The van der Waals surface area contributed by atoms with E-state index in [1.807, 2.05) is 60.7 Å². The highest BCUT2D eigenvalue weighted by atomic mass is 32.2. The molecule has 3 unspecified atom stereocenters. The number of carbonyl (C=O) groups is 1. The summed E-state index contributed by atoms with van der Waals surface area (Å²) >= 11 is 1.53. The van der Waals surface area contributed by atoms with Crippen molar-refractivity contribution in [1.82, 2.24) is 9.29 Å². The molecule has 0 spiro atoms. The van der Waals surface area contributed by atoms with E-state index in [1.54, 1.807) is 36.4 Å². The van der Waals surface area contributed by atoms with Crippen molar-refractivity contribution >= 4 is 38.6 Å². The molecule has 9 heteroatoms. The lowest BCUT2D eigenvalue weighted by Gasteiger charge is -2.45. The molecule has 7 nitrogen and oxygen atoms in total. The fourth-order valence-electron chi connectivity index (χ4n) is 6.35. The van der Waals surface area contributed by atoms with Gasteiger partial charge in [-0.15, -0.1) is 11.8 Å². The highest BCUT2D eigenvalue weighted by Crippen LogP contribution is 2.53. The topological polar surface area (TPSA) is 97.6 Å². The highest BCUT2D eigenvalue weighted by Gasteiger charge is 2.51. The van der Waals surface area contributed by atoms with Gasteiger partial charge in [0.1, 0.15) is 11.9 Å². The molecule has 1 aliphatic rings. The fourth-order valence-corrected chi connectivity index (χ4v) is 9.70. The van der Waals surface area contributed by atoms with Gasteiger partial charge in [-0.2, -0.15) is 0 Å². The molecule has 1 amide bonds. The smallest absolute Gasteiger partial charge is 0.268 e. The zero-order valence-corrected chi connectivity index (χ0v) is 27.1. The van der Waals surface area contributed by atoms with Crippen molar-refractivity contribution in [2.45, 2.75) is 21.1 Å². The molecule has 6 aromatic rings. The molecular formula is C38H32N2O5S2. The molecule has 5 aromatic carbocycles. The molecule has 2 N–H and O–H groups in total. The summed E-state index contributed by atoms with van der Waals surface area (Å²) < 4.78 is 34.1. The number of benzene rings is 5. The largest absolute Gasteiger partial charge is 0.497 e. The number of hydrogen-bond donors (Lipinski definition) is 2. The first-order chi connectivity index (χ1) is 22.8. The van der Waals surface area contributed by atoms with Crippen LogP contribution in [0, 0.1) is 5.92 Å². The Balaban J connectivity index is 1.34. The number of fused-ring (bicyclic) bond motifs is 1. The summed E-state index contributed by atoms with van der Waals surface area (Å²) in [6.45, 7) is 0. The highest BCUT2D eigenvalue weighted by molar-refractivity contribution is 8.01. The monoisotopic (exact) mass is 660 g/mol. The van der Waals surface area contributed by atoms with Gasteiger partial charge in [-0.05, 0) is 53.1 Å². The van der Waals surface area contributed by atoms with E-state index < -0.39 is 32.2 Å². The molecule has 7 rings (SSSR count). The number of thioether (sulfide) groups is 1. The van der Waals surface area contributed by atoms with Gasteiger partial charge in [0, 0.05) is 5.39 Å². The normalized spacial score (nSPS) is 17.1. The second kappa shape index (κ2) is 12.4. The van der Waals surface area contributed by atoms with Crippen LogP contribution in [0.15, 0.2) is 150 Å². The van der Waals surface area contributed by atoms with Crippen molar-refractivity contribution in [3.8, 4) is 5.75 Å². The van der Waals surface area contributed by atoms with E-state index in [0.717, 1.165) is 16.7 Å². The number of nitrogens with one attached hydrogen (secondary N) is 1. The second-order valence-corrected chi connectivity index (χ2v) is 14.5. The predicted octanol–water partition coefficient (Wildman–Crippen LogP) is 6.72. The average Bonchev–Trinajstić information content (AvgIpc) is 3.52. The number of nitrogens with zero attached hydrogens (tertiary/aromatic N) is 1. The van der Waals surface area contributed by atoms with Crippen LogP contribution in [0.25, 0.3) is 10.9 Å². The van der Waals surface area contributed by atoms with Crippen molar-refractivity contribution in [3.63, 3.8) is 0 Å². The SMILES string of the molecule is COc1ccc(S(=O)(=O)n2c(C(O)C3C(=O)NC3SC(c3ccccc3)(c3ccccc3)c3ccccc3)cc3ccccc32)cc1. The van der Waals surface area contributed by atoms with E-state index in [0.29, 0.717) is 16.7 Å². The maximum atomic E-state index is 14.2. The minimum Gasteiger partial charge on any atom is -0.497 e. The molecule has 0 bridgehead atoms. The Morgan fingerprint density at radius 2 is 1.28 bits per heavy atom. The van der Waals surface area contributed by atoms with Gasteiger partial charge in [0.2, 0.25) is 5.91 Å². The van der Waals surface area contributed by atoms with Gasteiger partial charge in [-0.3, -0.25) is 4.79 Å². The van der Waals surface area contributed by atoms with Crippen molar-refractivity contribution < 1.29 is 23.1 Å². The lowest BCUT2D eigenvalue weighted by atomic mass is 9.84. The quantitative estimate of drug-likeness (QED) is 0.125. The number of aromatic nitrogens is 1. The van der Waals surface area contributed by atoms with E-state index in [-0.39, 0.29) is 16.5 Å². The molecular weight excluding hydrogens is 629 g/mol. The van der Waals surface area contributed by atoms with Crippen LogP contribution >= 0.6 is 11.8 Å². The summed E-state index contributed by atoms with van der Waals surface area (Å²) in [5.41, 5.74) is 3.56. The van der Waals surface area contributed by atoms with E-state index in [2.05, 4.69) is 41.7 Å². The van der Waals surface area contributed by atoms with Crippen LogP contribution in [0.4, 0.5) is 0 Å². The van der Waals surface area contributed by atoms with Crippen LogP contribution in [0.2, 0.25) is 0 Å². The van der Waals surface area contributed by atoms with Crippen LogP contribution < -0.4 is 10.1 Å². The summed E-state index contributed by atoms with van der Waals surface area (Å²) in [4.78, 5) is 13.4. The molecule has 1 aromatic heterocycles. The van der Waals surface area contributed by atoms with E-state index in [9.17, 15) is 18.3 Å². The number of rotatable bonds is 10. The van der Waals surface area contributed by atoms with Crippen LogP contribution in [-0.2, 0) is 19.6 Å². The third-order valence-corrected chi connectivity index (χ3v) is 12.2. The second-order valence-electron chi connectivity index (χ2n) is 11.4. The number of aliphatic hydroxyl groups is 1. The Morgan fingerprint density at radius 1 is 0.766 bits per heavy atom. The number of para-hydroxylation sites is 1. The van der Waals surface area contributed by atoms with Crippen molar-refractivity contribution in [2.75, 3.05) is 7.11 Å². The molecule has 3 atom stereocenters. The van der Waals surface area contributed by atoms with E-state index >= 15 is 0 Å². The standard InChI is InChI=1S/C38H32N2O5S2/c1-45-30-21-23-31(24-22-30)47(43,44)40-32-20-12-11-13-26(32)25-33(40)35(41)34-36(42)39-37(34)46-38(27-14-5-2-6-15-27,28-16-7-3-8-17-28)29-18-9-4-10-19-29/h2-25,34-35,37,41H,1H3,(H,39,42). The first-order valence-electron chi connectivity index (χ1n) is 15.2. The Morgan fingerprint density at radius 3 is 1.79 bits per heavy atom. The number of methoxy groups -OCH3 is 1. The third kappa shape index (κ3) is 5.30. The maximum absolute atomic E-state index is 14.2. The lowest BCUT2D eigenvalue weighted by Crippen LogP contribution is -2.60. The first-order valence-corrected chi connectivity index (χ1v) is 17.5. The summed E-state index contributed by atoms with van der Waals surface area (Å²) in [5, 5.41) is 15.2. The molecule has 0 aliphatic carbocycles.